The van der Waals surface area contributed by atoms with Gasteiger partial charge in [0.15, 0.2) is 11.5 Å². The number of carbonyl (C=O) groups is 1. The molecule has 1 aliphatic rings. The van der Waals surface area contributed by atoms with E-state index in [2.05, 4.69) is 21.1 Å². The molecule has 0 aliphatic heterocycles. The molecule has 116 valence electrons. The Bertz CT molecular complexity index is 708. The fourth-order valence-corrected chi connectivity index (χ4v) is 2.63. The molecule has 0 bridgehead atoms. The first-order chi connectivity index (χ1) is 10.6. The number of rotatable bonds is 5. The summed E-state index contributed by atoms with van der Waals surface area (Å²) in [6.45, 7) is 0. The molecule has 0 amide bonds. The van der Waals surface area contributed by atoms with E-state index in [1.54, 1.807) is 19.2 Å². The molecule has 3 rings (SSSR count). The zero-order valence-electron chi connectivity index (χ0n) is 11.8. The van der Waals surface area contributed by atoms with Gasteiger partial charge in [-0.2, -0.15) is 0 Å². The summed E-state index contributed by atoms with van der Waals surface area (Å²) in [6, 6.07) is 4.98. The highest BCUT2D eigenvalue weighted by Gasteiger charge is 2.25. The number of carboxylic acids is 1. The van der Waals surface area contributed by atoms with Gasteiger partial charge in [-0.1, -0.05) is 21.1 Å². The maximum atomic E-state index is 11.0. The Kier molecular flexibility index (Phi) is 4.06. The van der Waals surface area contributed by atoms with Gasteiger partial charge in [0, 0.05) is 10.5 Å². The van der Waals surface area contributed by atoms with Gasteiger partial charge < -0.3 is 19.1 Å². The molecular formula is C15H14BrNO5. The summed E-state index contributed by atoms with van der Waals surface area (Å²) >= 11 is 3.41. The molecule has 1 N–H and O–H groups in total. The molecule has 0 atom stereocenters. The van der Waals surface area contributed by atoms with Gasteiger partial charge in [-0.15, -0.1) is 0 Å². The second-order valence-corrected chi connectivity index (χ2v) is 5.95. The minimum atomic E-state index is -1.16. The largest absolute Gasteiger partial charge is 0.493 e. The molecule has 1 heterocycles. The van der Waals surface area contributed by atoms with Crippen LogP contribution >= 0.6 is 15.9 Å². The van der Waals surface area contributed by atoms with Gasteiger partial charge in [0.25, 0.3) is 0 Å². The first-order valence-electron chi connectivity index (χ1n) is 6.83. The smallest absolute Gasteiger partial charge is 0.374 e. The second kappa shape index (κ2) is 6.00. The van der Waals surface area contributed by atoms with Crippen LogP contribution in [0.3, 0.4) is 0 Å². The molecule has 22 heavy (non-hydrogen) atoms. The molecule has 1 saturated carbocycles. The lowest BCUT2D eigenvalue weighted by Crippen LogP contribution is -2.25. The lowest BCUT2D eigenvalue weighted by atomic mass is 9.96. The van der Waals surface area contributed by atoms with Crippen molar-refractivity contribution in [3.63, 3.8) is 0 Å². The first-order valence-corrected chi connectivity index (χ1v) is 7.62. The van der Waals surface area contributed by atoms with Gasteiger partial charge in [-0.05, 0) is 31.4 Å². The van der Waals surface area contributed by atoms with Gasteiger partial charge >= 0.3 is 5.97 Å². The van der Waals surface area contributed by atoms with Crippen molar-refractivity contribution >= 4 is 21.9 Å². The fourth-order valence-electron chi connectivity index (χ4n) is 2.19. The zero-order chi connectivity index (χ0) is 15.7. The number of hydrogen-bond donors (Lipinski definition) is 1. The number of benzene rings is 1. The van der Waals surface area contributed by atoms with E-state index >= 15 is 0 Å². The molecule has 1 aromatic heterocycles. The molecular weight excluding hydrogens is 354 g/mol. The summed E-state index contributed by atoms with van der Waals surface area (Å²) in [4.78, 5) is 11.0. The first kappa shape index (κ1) is 14.9. The Morgan fingerprint density at radius 1 is 1.41 bits per heavy atom. The Labute approximate surface area is 135 Å². The van der Waals surface area contributed by atoms with Crippen molar-refractivity contribution in [2.45, 2.75) is 25.4 Å². The predicted octanol–water partition coefficient (Wildman–Crippen LogP) is 3.74. The Balaban J connectivity index is 2.06. The Morgan fingerprint density at radius 3 is 2.73 bits per heavy atom. The van der Waals surface area contributed by atoms with Gasteiger partial charge in [0.05, 0.1) is 18.8 Å². The third kappa shape index (κ3) is 2.81. The molecule has 2 aromatic rings. The maximum Gasteiger partial charge on any atom is 0.374 e. The summed E-state index contributed by atoms with van der Waals surface area (Å²) < 4.78 is 17.0. The SMILES string of the molecule is COc1cc(Br)cc(-c2cc(C(=O)O)on2)c1OC1CCC1. The van der Waals surface area contributed by atoms with E-state index < -0.39 is 5.97 Å². The normalized spacial score (nSPS) is 14.5. The molecule has 1 fully saturated rings. The average molecular weight is 368 g/mol. The standard InChI is InChI=1S/C15H14BrNO5/c1-20-12-6-8(16)5-10(14(12)21-9-3-2-4-9)11-7-13(15(18)19)22-17-11/h5-7,9H,2-4H2,1H3,(H,18,19). The molecule has 0 unspecified atom stereocenters. The van der Waals surface area contributed by atoms with E-state index in [0.29, 0.717) is 22.8 Å². The van der Waals surface area contributed by atoms with Crippen LogP contribution in [0.5, 0.6) is 11.5 Å². The zero-order valence-corrected chi connectivity index (χ0v) is 13.4. The molecule has 0 radical (unpaired) electrons. The molecule has 1 aliphatic carbocycles. The lowest BCUT2D eigenvalue weighted by molar-refractivity contribution is 0.0652. The Morgan fingerprint density at radius 2 is 2.18 bits per heavy atom. The van der Waals surface area contributed by atoms with E-state index in [1.807, 2.05) is 0 Å². The second-order valence-electron chi connectivity index (χ2n) is 5.04. The van der Waals surface area contributed by atoms with Crippen LogP contribution < -0.4 is 9.47 Å². The van der Waals surface area contributed by atoms with Gasteiger partial charge in [0.2, 0.25) is 5.76 Å². The van der Waals surface area contributed by atoms with Crippen LogP contribution in [0.4, 0.5) is 0 Å². The minimum Gasteiger partial charge on any atom is -0.493 e. The summed E-state index contributed by atoms with van der Waals surface area (Å²) in [7, 11) is 1.56. The van der Waals surface area contributed by atoms with E-state index in [4.69, 9.17) is 19.1 Å². The highest BCUT2D eigenvalue weighted by atomic mass is 79.9. The van der Waals surface area contributed by atoms with Gasteiger partial charge in [-0.3, -0.25) is 0 Å². The van der Waals surface area contributed by atoms with Crippen LogP contribution in [0.2, 0.25) is 0 Å². The van der Waals surface area contributed by atoms with Crippen LogP contribution in [0.15, 0.2) is 27.2 Å². The monoisotopic (exact) mass is 367 g/mol. The van der Waals surface area contributed by atoms with Crippen molar-refractivity contribution in [2.24, 2.45) is 0 Å². The van der Waals surface area contributed by atoms with Crippen LogP contribution in [-0.4, -0.2) is 29.4 Å². The number of methoxy groups -OCH3 is 1. The van der Waals surface area contributed by atoms with E-state index in [0.717, 1.165) is 23.7 Å². The third-order valence-corrected chi connectivity index (χ3v) is 4.03. The summed E-state index contributed by atoms with van der Waals surface area (Å²) in [5.74, 6) is -0.262. The van der Waals surface area contributed by atoms with Crippen LogP contribution in [-0.2, 0) is 0 Å². The van der Waals surface area contributed by atoms with Crippen molar-refractivity contribution in [1.29, 1.82) is 0 Å². The Hall–Kier alpha value is -2.02. The topological polar surface area (TPSA) is 81.8 Å². The summed E-state index contributed by atoms with van der Waals surface area (Å²) in [5.41, 5.74) is 1.03. The van der Waals surface area contributed by atoms with Crippen LogP contribution in [0.1, 0.15) is 29.8 Å². The maximum absolute atomic E-state index is 11.0. The van der Waals surface area contributed by atoms with Crippen molar-refractivity contribution in [2.75, 3.05) is 7.11 Å². The predicted molar refractivity (Wildman–Crippen MR) is 81.4 cm³/mol. The van der Waals surface area contributed by atoms with Crippen LogP contribution in [0, 0.1) is 0 Å². The number of ether oxygens (including phenoxy) is 2. The molecule has 0 spiro atoms. The highest BCUT2D eigenvalue weighted by Crippen LogP contribution is 2.42. The third-order valence-electron chi connectivity index (χ3n) is 3.57. The van der Waals surface area contributed by atoms with Crippen molar-refractivity contribution in [1.82, 2.24) is 5.16 Å². The van der Waals surface area contributed by atoms with Crippen LogP contribution in [0.25, 0.3) is 11.3 Å². The number of nitrogens with zero attached hydrogens (tertiary/aromatic N) is 1. The summed E-state index contributed by atoms with van der Waals surface area (Å²) in [5, 5.41) is 12.8. The fraction of sp³-hybridized carbons (Fsp3) is 0.333. The quantitative estimate of drug-likeness (QED) is 0.866. The number of carboxylic acid groups (broad SMARTS) is 1. The number of hydrogen-bond acceptors (Lipinski definition) is 5. The van der Waals surface area contributed by atoms with Crippen molar-refractivity contribution < 1.29 is 23.9 Å². The van der Waals surface area contributed by atoms with E-state index in [-0.39, 0.29) is 11.9 Å². The van der Waals surface area contributed by atoms with E-state index in [1.165, 1.54) is 6.07 Å². The molecule has 0 saturated heterocycles. The highest BCUT2D eigenvalue weighted by molar-refractivity contribution is 9.10. The molecule has 7 heteroatoms. The lowest BCUT2D eigenvalue weighted by Gasteiger charge is -2.28. The summed E-state index contributed by atoms with van der Waals surface area (Å²) in [6.07, 6.45) is 3.29. The molecule has 1 aromatic carbocycles. The van der Waals surface area contributed by atoms with Gasteiger partial charge in [-0.25, -0.2) is 4.79 Å². The average Bonchev–Trinajstić information content (AvgIpc) is 2.92. The number of aromatic nitrogens is 1. The molecule has 6 nitrogen and oxygen atoms in total. The van der Waals surface area contributed by atoms with Crippen molar-refractivity contribution in [3.8, 4) is 22.8 Å². The van der Waals surface area contributed by atoms with Gasteiger partial charge in [0.1, 0.15) is 5.69 Å². The minimum absolute atomic E-state index is 0.152. The van der Waals surface area contributed by atoms with Crippen molar-refractivity contribution in [3.05, 3.63) is 28.4 Å². The van der Waals surface area contributed by atoms with E-state index in [9.17, 15) is 4.79 Å². The number of aromatic carboxylic acids is 1. The number of halogens is 1.